The molecule has 0 amide bonds. The van der Waals surface area contributed by atoms with Gasteiger partial charge in [-0.05, 0) is 222 Å². The third kappa shape index (κ3) is 211. The van der Waals surface area contributed by atoms with E-state index in [4.69, 9.17) is 0 Å². The number of rotatable bonds is 16. The van der Waals surface area contributed by atoms with Crippen LogP contribution in [0.2, 0.25) is 0 Å². The summed E-state index contributed by atoms with van der Waals surface area (Å²) in [6.45, 7) is 70.7. The summed E-state index contributed by atoms with van der Waals surface area (Å²) >= 11 is 0. The summed E-state index contributed by atoms with van der Waals surface area (Å²) < 4.78 is 0. The van der Waals surface area contributed by atoms with Crippen LogP contribution in [0.4, 0.5) is 0 Å². The summed E-state index contributed by atoms with van der Waals surface area (Å²) in [5, 5.41) is 18.7. The van der Waals surface area contributed by atoms with Gasteiger partial charge in [-0.25, -0.2) is 12.1 Å². The van der Waals surface area contributed by atoms with Gasteiger partial charge in [0.25, 0.3) is 0 Å². The fraction of sp³-hybridized carbons (Fsp3) is 0.828. The van der Waals surface area contributed by atoms with Gasteiger partial charge in [0, 0.05) is 0 Å². The first-order chi connectivity index (χ1) is 30.0. The Morgan fingerprint density at radius 2 is 0.280 bits per heavy atom. The Hall–Kier alpha value is 5.96. The zero-order chi connectivity index (χ0) is 54.0. The molecule has 412 valence electrons. The largest absolute Gasteiger partial charge is 4.00 e. The molecule has 0 saturated carbocycles. The standard InChI is InChI=1S/8C6H15N.2C5H5.Fe.4Mg.4Na/c8*1-5(2)7-6(3)4;2*1-2-4-5-3-1;;;;;;;;;/h8*5-7H,1-4H3;2*1-5H;;;;;;;;;/q;;;;;;;;-5;-1;+4;4*+2;4*+1/p+8. The van der Waals surface area contributed by atoms with Crippen molar-refractivity contribution in [1.29, 1.82) is 0 Å². The zero-order valence-corrected chi connectivity index (χ0v) is 73.6. The Balaban J connectivity index is -0.0000000328. The molecular formula is C58H138FeMg4N8Na4+18. The molecule has 0 unspecified atom stereocenters. The Bertz CT molecular complexity index is 778. The number of hydrogen-bond donors (Lipinski definition) is 8. The van der Waals surface area contributed by atoms with Gasteiger partial charge in [0.15, 0.2) is 0 Å². The molecule has 0 heterocycles. The number of hydrogen-bond acceptors (Lipinski definition) is 0. The molecule has 16 N–H and O–H groups in total. The van der Waals surface area contributed by atoms with Crippen molar-refractivity contribution in [3.63, 3.8) is 0 Å². The fourth-order valence-electron chi connectivity index (χ4n) is 6.80. The van der Waals surface area contributed by atoms with Crippen molar-refractivity contribution in [3.8, 4) is 0 Å². The summed E-state index contributed by atoms with van der Waals surface area (Å²) in [5.41, 5.74) is 0. The monoisotopic (exact) mass is 1190 g/mol. The summed E-state index contributed by atoms with van der Waals surface area (Å²) in [5.74, 6) is 0. The van der Waals surface area contributed by atoms with Crippen molar-refractivity contribution < 1.29 is 178 Å². The van der Waals surface area contributed by atoms with E-state index < -0.39 is 0 Å². The van der Waals surface area contributed by atoms with Crippen molar-refractivity contribution in [2.24, 2.45) is 0 Å². The van der Waals surface area contributed by atoms with Crippen molar-refractivity contribution in [2.45, 2.75) is 318 Å². The second-order valence-electron chi connectivity index (χ2n) is 23.4. The zero-order valence-electron chi connectivity index (χ0n) is 58.8. The van der Waals surface area contributed by atoms with Crippen LogP contribution in [0.15, 0.2) is 60.7 Å². The van der Waals surface area contributed by atoms with Crippen molar-refractivity contribution in [1.82, 2.24) is 0 Å². The summed E-state index contributed by atoms with van der Waals surface area (Å²) in [6.07, 6.45) is 0. The van der Waals surface area contributed by atoms with Gasteiger partial charge >= 0.3 is 228 Å². The molecule has 0 aliphatic heterocycles. The van der Waals surface area contributed by atoms with Crippen LogP contribution in [0.5, 0.6) is 0 Å². The molecule has 8 nitrogen and oxygen atoms in total. The molecule has 2 rings (SSSR count). The minimum absolute atomic E-state index is 0. The van der Waals surface area contributed by atoms with Crippen molar-refractivity contribution in [2.75, 3.05) is 0 Å². The Morgan fingerprint density at radius 1 is 0.200 bits per heavy atom. The van der Waals surface area contributed by atoms with E-state index in [-0.39, 0.29) is 228 Å². The fourth-order valence-corrected chi connectivity index (χ4v) is 6.80. The van der Waals surface area contributed by atoms with E-state index in [9.17, 15) is 0 Å². The molecule has 0 aliphatic rings. The van der Waals surface area contributed by atoms with Crippen molar-refractivity contribution in [3.05, 3.63) is 60.7 Å². The van der Waals surface area contributed by atoms with E-state index in [0.29, 0.717) is 0 Å². The molecule has 0 fully saturated rings. The molecule has 0 bridgehead atoms. The second kappa shape index (κ2) is 96.3. The molecule has 0 aliphatic carbocycles. The minimum Gasteiger partial charge on any atom is -0.748 e. The first-order valence-corrected chi connectivity index (χ1v) is 27.1. The second-order valence-corrected chi connectivity index (χ2v) is 23.4. The summed E-state index contributed by atoms with van der Waals surface area (Å²) in [7, 11) is 0. The quantitative estimate of drug-likeness (QED) is 0.0601. The first kappa shape index (κ1) is 127. The Kier molecular flexibility index (Phi) is 162. The minimum atomic E-state index is 0. The van der Waals surface area contributed by atoms with Gasteiger partial charge < -0.3 is 72.9 Å². The van der Waals surface area contributed by atoms with Gasteiger partial charge in [0.05, 0.1) is 96.7 Å². The number of nitrogens with two attached hydrogens (primary N) is 8. The van der Waals surface area contributed by atoms with E-state index in [1.165, 1.54) is 0 Å². The first-order valence-electron chi connectivity index (χ1n) is 27.1. The molecule has 0 aromatic heterocycles. The molecule has 0 atom stereocenters. The predicted octanol–water partition coefficient (Wildman–Crippen LogP) is -7.77. The maximum atomic E-state index is 2.33. The molecule has 0 spiro atoms. The van der Waals surface area contributed by atoms with Gasteiger partial charge in [-0.2, -0.15) is 18.2 Å². The molecule has 0 saturated heterocycles. The SMILES string of the molecule is CC(C)[NH2+]C(C)C.CC(C)[NH2+]C(C)C.CC(C)[NH2+]C(C)C.CC(C)[NH2+]C(C)C.CC(C)[NH2+]C(C)C.CC(C)[NH2+]C(C)C.CC(C)[NH2+]C(C)C.CC(C)[NH2+]C(C)C.[Fe+4].[Mg+2].[Mg+2].[Mg+2].[Mg+2].[Na+].[Na+].[Na+].[Na+].[cH-]1[cH-][cH-][cH-][cH-]1.c1cc[cH-]c1. The van der Waals surface area contributed by atoms with E-state index in [1.54, 1.807) is 0 Å². The molecule has 17 heteroatoms. The molecule has 2 aromatic carbocycles. The normalized spacial score (nSPS) is 9.39. The van der Waals surface area contributed by atoms with Crippen LogP contribution in [0.25, 0.3) is 0 Å². The van der Waals surface area contributed by atoms with Gasteiger partial charge in [-0.1, -0.05) is 0 Å². The van der Waals surface area contributed by atoms with E-state index in [0.717, 1.165) is 96.7 Å². The smallest absolute Gasteiger partial charge is 0.748 e. The average molecular weight is 1190 g/mol. The predicted molar refractivity (Wildman–Crippen MR) is 325 cm³/mol. The Morgan fingerprint density at radius 3 is 0.307 bits per heavy atom. The molecular weight excluding hydrogens is 1050 g/mol. The van der Waals surface area contributed by atoms with Crippen LogP contribution >= 0.6 is 0 Å². The van der Waals surface area contributed by atoms with Crippen LogP contribution < -0.4 is 161 Å². The van der Waals surface area contributed by atoms with Gasteiger partial charge in [0.2, 0.25) is 0 Å². The van der Waals surface area contributed by atoms with Crippen LogP contribution in [0.1, 0.15) is 222 Å². The van der Waals surface area contributed by atoms with E-state index >= 15 is 0 Å². The molecule has 75 heavy (non-hydrogen) atoms. The van der Waals surface area contributed by atoms with E-state index in [2.05, 4.69) is 264 Å². The van der Waals surface area contributed by atoms with Crippen LogP contribution in [-0.2, 0) is 17.1 Å². The maximum absolute atomic E-state index is 2.33. The number of quaternary nitrogens is 8. The molecule has 0 radical (unpaired) electrons. The Labute approximate surface area is 639 Å². The van der Waals surface area contributed by atoms with Crippen molar-refractivity contribution >= 4 is 92.2 Å². The van der Waals surface area contributed by atoms with E-state index in [1.807, 2.05) is 60.7 Å². The van der Waals surface area contributed by atoms with Gasteiger partial charge in [-0.3, -0.25) is 0 Å². The average Bonchev–Trinajstić information content (AvgIpc) is 3.82. The topological polar surface area (TPSA) is 133 Å². The summed E-state index contributed by atoms with van der Waals surface area (Å²) in [6, 6.07) is 32.0. The van der Waals surface area contributed by atoms with Crippen LogP contribution in [-0.4, -0.2) is 189 Å². The van der Waals surface area contributed by atoms with Crippen LogP contribution in [0.3, 0.4) is 0 Å². The van der Waals surface area contributed by atoms with Gasteiger partial charge in [0.1, 0.15) is 0 Å². The third-order valence-corrected chi connectivity index (χ3v) is 7.27. The molecule has 2 aromatic rings. The maximum Gasteiger partial charge on any atom is 4.00 e. The summed E-state index contributed by atoms with van der Waals surface area (Å²) in [4.78, 5) is 0. The van der Waals surface area contributed by atoms with Crippen LogP contribution in [0, 0.1) is 0 Å². The third-order valence-electron chi connectivity index (χ3n) is 7.27. The van der Waals surface area contributed by atoms with Gasteiger partial charge in [-0.15, -0.1) is 0 Å².